The summed E-state index contributed by atoms with van der Waals surface area (Å²) in [7, 11) is 1.46. The second-order valence-electron chi connectivity index (χ2n) is 6.14. The Kier molecular flexibility index (Phi) is 7.65. The zero-order valence-electron chi connectivity index (χ0n) is 14.8. The molecule has 0 amide bonds. The summed E-state index contributed by atoms with van der Waals surface area (Å²) in [5.41, 5.74) is 0.374. The van der Waals surface area contributed by atoms with Gasteiger partial charge in [-0.25, -0.2) is 0 Å². The lowest BCUT2D eigenvalue weighted by molar-refractivity contribution is -0.385. The highest BCUT2D eigenvalue weighted by Gasteiger charge is 2.19. The van der Waals surface area contributed by atoms with Crippen LogP contribution in [0.1, 0.15) is 25.3 Å². The van der Waals surface area contributed by atoms with Gasteiger partial charge >= 0.3 is 5.97 Å². The number of likely N-dealkylation sites (tertiary alicyclic amines) is 1. The predicted molar refractivity (Wildman–Crippen MR) is 104 cm³/mol. The highest BCUT2D eigenvalue weighted by Crippen LogP contribution is 2.25. The fourth-order valence-electron chi connectivity index (χ4n) is 2.59. The highest BCUT2D eigenvalue weighted by atomic mass is 32.2. The first-order chi connectivity index (χ1) is 12.4. The molecule has 142 valence electrons. The number of carbonyl (C=O) groups is 1. The number of ether oxygens (including phenoxy) is 2. The van der Waals surface area contributed by atoms with Crippen LogP contribution in [0.3, 0.4) is 0 Å². The van der Waals surface area contributed by atoms with Gasteiger partial charge in [0.15, 0.2) is 0 Å². The summed E-state index contributed by atoms with van der Waals surface area (Å²) in [6, 6.07) is 4.18. The average Bonchev–Trinajstić information content (AvgIpc) is 2.64. The van der Waals surface area contributed by atoms with Gasteiger partial charge in [0.25, 0.3) is 5.69 Å². The van der Waals surface area contributed by atoms with Crippen molar-refractivity contribution in [3.05, 3.63) is 33.9 Å². The molecule has 1 aromatic rings. The maximum atomic E-state index is 12.0. The van der Waals surface area contributed by atoms with Gasteiger partial charge in [-0.2, -0.15) is 0 Å². The number of benzene rings is 1. The summed E-state index contributed by atoms with van der Waals surface area (Å²) < 4.78 is 11.1. The summed E-state index contributed by atoms with van der Waals surface area (Å²) in [6.45, 7) is 3.99. The zero-order chi connectivity index (χ0) is 19.1. The van der Waals surface area contributed by atoms with Gasteiger partial charge < -0.3 is 14.4 Å². The van der Waals surface area contributed by atoms with Crippen LogP contribution in [0.15, 0.2) is 18.2 Å². The number of nitro groups is 1. The Hall–Kier alpha value is -1.87. The normalized spacial score (nSPS) is 14.8. The molecule has 26 heavy (non-hydrogen) atoms. The van der Waals surface area contributed by atoms with Crippen LogP contribution in [-0.2, 0) is 16.1 Å². The monoisotopic (exact) mass is 398 g/mol. The van der Waals surface area contributed by atoms with Crippen molar-refractivity contribution in [1.29, 1.82) is 0 Å². The number of nitrogens with zero attached hydrogens (tertiary/aromatic N) is 2. The summed E-state index contributed by atoms with van der Waals surface area (Å²) in [5.74, 6) is 0.849. The molecule has 2 rings (SSSR count). The van der Waals surface area contributed by atoms with Crippen LogP contribution in [0.4, 0.5) is 5.69 Å². The van der Waals surface area contributed by atoms with E-state index in [0.29, 0.717) is 21.6 Å². The van der Waals surface area contributed by atoms with Crippen LogP contribution in [0, 0.1) is 16.0 Å². The van der Waals surface area contributed by atoms with E-state index in [1.54, 1.807) is 0 Å². The molecule has 0 saturated carbocycles. The third kappa shape index (κ3) is 5.84. The van der Waals surface area contributed by atoms with Crippen LogP contribution < -0.4 is 4.74 Å². The first kappa shape index (κ1) is 20.4. The maximum absolute atomic E-state index is 12.0. The van der Waals surface area contributed by atoms with Gasteiger partial charge in [0, 0.05) is 30.8 Å². The Bertz CT molecular complexity index is 675. The smallest absolute Gasteiger partial charge is 0.316 e. The molecular weight excluding hydrogens is 376 g/mol. The lowest BCUT2D eigenvalue weighted by Crippen LogP contribution is -2.35. The number of non-ortho nitro benzene ring substituents is 1. The topological polar surface area (TPSA) is 81.9 Å². The second-order valence-corrected chi connectivity index (χ2v) is 7.75. The Morgan fingerprint density at radius 2 is 2.12 bits per heavy atom. The Balaban J connectivity index is 1.82. The summed E-state index contributed by atoms with van der Waals surface area (Å²) >= 11 is 6.67. The Morgan fingerprint density at radius 3 is 2.73 bits per heavy atom. The minimum absolute atomic E-state index is 0.0771. The summed E-state index contributed by atoms with van der Waals surface area (Å²) in [5, 5.41) is 10.9. The molecule has 0 radical (unpaired) electrons. The minimum Gasteiger partial charge on any atom is -0.496 e. The van der Waals surface area contributed by atoms with Crippen molar-refractivity contribution < 1.29 is 19.2 Å². The van der Waals surface area contributed by atoms with Crippen LogP contribution in [-0.4, -0.2) is 46.1 Å². The fraction of sp³-hybridized carbons (Fsp3) is 0.529. The minimum atomic E-state index is -0.501. The molecule has 1 aliphatic heterocycles. The number of thiocarbonyl (C=S) groups is 1. The van der Waals surface area contributed by atoms with E-state index >= 15 is 0 Å². The molecule has 1 heterocycles. The van der Waals surface area contributed by atoms with E-state index in [4.69, 9.17) is 21.7 Å². The lowest BCUT2D eigenvalue weighted by atomic mass is 10.00. The van der Waals surface area contributed by atoms with Crippen LogP contribution in [0.2, 0.25) is 0 Å². The third-order valence-corrected chi connectivity index (χ3v) is 5.72. The number of nitro benzene ring substituents is 1. The van der Waals surface area contributed by atoms with Crippen molar-refractivity contribution in [2.45, 2.75) is 26.4 Å². The second kappa shape index (κ2) is 9.72. The van der Waals surface area contributed by atoms with Crippen LogP contribution >= 0.6 is 24.0 Å². The standard InChI is InChI=1S/C17H22N2O5S2/c1-12-5-7-18(8-6-12)17(25)26-11-16(20)24-10-13-9-14(19(21)22)3-4-15(13)23-2/h3-4,9,12H,5-8,10-11H2,1-2H3. The first-order valence-electron chi connectivity index (χ1n) is 8.29. The molecule has 7 nitrogen and oxygen atoms in total. The fourth-order valence-corrected chi connectivity index (χ4v) is 3.64. The zero-order valence-corrected chi connectivity index (χ0v) is 16.4. The number of esters is 1. The van der Waals surface area contributed by atoms with Gasteiger partial charge in [-0.15, -0.1) is 0 Å². The summed E-state index contributed by atoms with van der Waals surface area (Å²) in [6.07, 6.45) is 2.22. The van der Waals surface area contributed by atoms with E-state index in [9.17, 15) is 14.9 Å². The molecular formula is C17H22N2O5S2. The largest absolute Gasteiger partial charge is 0.496 e. The average molecular weight is 399 g/mol. The van der Waals surface area contributed by atoms with E-state index in [1.807, 2.05) is 0 Å². The first-order valence-corrected chi connectivity index (χ1v) is 9.68. The molecule has 0 spiro atoms. The number of rotatable bonds is 6. The quantitative estimate of drug-likeness (QED) is 0.312. The van der Waals surface area contributed by atoms with E-state index in [2.05, 4.69) is 11.8 Å². The predicted octanol–water partition coefficient (Wildman–Crippen LogP) is 3.40. The molecule has 1 fully saturated rings. The Morgan fingerprint density at radius 1 is 1.42 bits per heavy atom. The number of carbonyl (C=O) groups excluding carboxylic acids is 1. The van der Waals surface area contributed by atoms with E-state index in [-0.39, 0.29) is 18.0 Å². The number of thioether (sulfide) groups is 1. The summed E-state index contributed by atoms with van der Waals surface area (Å²) in [4.78, 5) is 24.5. The van der Waals surface area contributed by atoms with Crippen molar-refractivity contribution in [2.24, 2.45) is 5.92 Å². The van der Waals surface area contributed by atoms with Crippen molar-refractivity contribution in [3.8, 4) is 5.75 Å². The highest BCUT2D eigenvalue weighted by molar-refractivity contribution is 8.23. The SMILES string of the molecule is COc1ccc([N+](=O)[O-])cc1COC(=O)CSC(=S)N1CCC(C)CC1. The molecule has 0 aliphatic carbocycles. The molecule has 9 heteroatoms. The van der Waals surface area contributed by atoms with Crippen molar-refractivity contribution in [2.75, 3.05) is 26.0 Å². The Labute approximate surface area is 162 Å². The van der Waals surface area contributed by atoms with E-state index in [1.165, 1.54) is 37.1 Å². The maximum Gasteiger partial charge on any atom is 0.316 e. The van der Waals surface area contributed by atoms with Crippen LogP contribution in [0.5, 0.6) is 5.75 Å². The number of methoxy groups -OCH3 is 1. The van der Waals surface area contributed by atoms with E-state index < -0.39 is 10.9 Å². The number of hydrogen-bond donors (Lipinski definition) is 0. The van der Waals surface area contributed by atoms with Gasteiger partial charge in [-0.3, -0.25) is 14.9 Å². The molecule has 0 aromatic heterocycles. The molecule has 0 N–H and O–H groups in total. The van der Waals surface area contributed by atoms with Gasteiger partial charge in [0.1, 0.15) is 16.7 Å². The van der Waals surface area contributed by atoms with Gasteiger partial charge in [0.2, 0.25) is 0 Å². The lowest BCUT2D eigenvalue weighted by Gasteiger charge is -2.31. The van der Waals surface area contributed by atoms with E-state index in [0.717, 1.165) is 25.9 Å². The molecule has 0 unspecified atom stereocenters. The van der Waals surface area contributed by atoms with Gasteiger partial charge in [-0.1, -0.05) is 30.9 Å². The molecule has 1 aromatic carbocycles. The van der Waals surface area contributed by atoms with Crippen molar-refractivity contribution in [3.63, 3.8) is 0 Å². The molecule has 0 atom stereocenters. The number of hydrogen-bond acceptors (Lipinski definition) is 7. The molecule has 1 saturated heterocycles. The van der Waals surface area contributed by atoms with Crippen LogP contribution in [0.25, 0.3) is 0 Å². The van der Waals surface area contributed by atoms with Gasteiger partial charge in [-0.05, 0) is 24.8 Å². The molecule has 1 aliphatic rings. The molecule has 0 bridgehead atoms. The third-order valence-electron chi connectivity index (χ3n) is 4.22. The van der Waals surface area contributed by atoms with Crippen molar-refractivity contribution >= 4 is 40.0 Å². The van der Waals surface area contributed by atoms with Gasteiger partial charge in [0.05, 0.1) is 17.8 Å². The number of piperidine rings is 1. The van der Waals surface area contributed by atoms with Crippen molar-refractivity contribution in [1.82, 2.24) is 4.90 Å².